The zero-order valence-electron chi connectivity index (χ0n) is 11.4. The molecule has 4 atom stereocenters. The van der Waals surface area contributed by atoms with Gasteiger partial charge in [-0.1, -0.05) is 24.3 Å². The summed E-state index contributed by atoms with van der Waals surface area (Å²) in [5.41, 5.74) is 15.2. The van der Waals surface area contributed by atoms with Crippen LogP contribution in [0.4, 0.5) is 0 Å². The molecular formula is C16H20N4. The molecule has 1 aliphatic carbocycles. The van der Waals surface area contributed by atoms with Gasteiger partial charge < -0.3 is 5.73 Å². The average molecular weight is 268 g/mol. The second-order valence-electron chi connectivity index (χ2n) is 6.04. The first kappa shape index (κ1) is 12.3. The van der Waals surface area contributed by atoms with Gasteiger partial charge in [0, 0.05) is 17.5 Å². The molecule has 4 heteroatoms. The molecule has 4 nitrogen and oxygen atoms in total. The Morgan fingerprint density at radius 3 is 2.90 bits per heavy atom. The van der Waals surface area contributed by atoms with Crippen molar-refractivity contribution in [3.63, 3.8) is 0 Å². The minimum Gasteiger partial charge on any atom is -0.328 e. The maximum absolute atomic E-state index is 6.15. The molecule has 1 saturated heterocycles. The molecule has 0 spiro atoms. The van der Waals surface area contributed by atoms with Crippen LogP contribution in [0.15, 0.2) is 36.4 Å². The van der Waals surface area contributed by atoms with Crippen LogP contribution in [0.1, 0.15) is 31.0 Å². The zero-order valence-corrected chi connectivity index (χ0v) is 11.4. The topological polar surface area (TPSA) is 63.0 Å². The summed E-state index contributed by atoms with van der Waals surface area (Å²) in [7, 11) is 0. The molecule has 1 aromatic carbocycles. The van der Waals surface area contributed by atoms with Crippen LogP contribution in [0.5, 0.6) is 0 Å². The van der Waals surface area contributed by atoms with Crippen LogP contribution in [0.3, 0.4) is 0 Å². The second kappa shape index (κ2) is 4.81. The number of hydrazine groups is 1. The van der Waals surface area contributed by atoms with Gasteiger partial charge in [-0.2, -0.15) is 0 Å². The van der Waals surface area contributed by atoms with E-state index in [0.29, 0.717) is 18.0 Å². The van der Waals surface area contributed by atoms with Crippen molar-refractivity contribution in [1.29, 1.82) is 0 Å². The van der Waals surface area contributed by atoms with Crippen LogP contribution < -0.4 is 16.6 Å². The Balaban J connectivity index is 1.68. The third-order valence-electron chi connectivity index (χ3n) is 4.73. The molecule has 2 heterocycles. The first-order valence-corrected chi connectivity index (χ1v) is 7.43. The smallest absolute Gasteiger partial charge is 0.0706 e. The van der Waals surface area contributed by atoms with E-state index < -0.39 is 0 Å². The van der Waals surface area contributed by atoms with Crippen molar-refractivity contribution in [1.82, 2.24) is 15.8 Å². The van der Waals surface area contributed by atoms with E-state index in [1.165, 1.54) is 5.39 Å². The van der Waals surface area contributed by atoms with Crippen LogP contribution in [0.2, 0.25) is 0 Å². The lowest BCUT2D eigenvalue weighted by Crippen LogP contribution is -2.39. The summed E-state index contributed by atoms with van der Waals surface area (Å²) in [6.07, 6.45) is 3.35. The highest BCUT2D eigenvalue weighted by Crippen LogP contribution is 2.37. The van der Waals surface area contributed by atoms with E-state index in [2.05, 4.69) is 41.2 Å². The number of nitrogens with two attached hydrogens (primary N) is 1. The van der Waals surface area contributed by atoms with E-state index in [1.54, 1.807) is 0 Å². The molecule has 1 saturated carbocycles. The van der Waals surface area contributed by atoms with Gasteiger partial charge >= 0.3 is 0 Å². The summed E-state index contributed by atoms with van der Waals surface area (Å²) in [5, 5.41) is 1.19. The van der Waals surface area contributed by atoms with Crippen LogP contribution in [0.25, 0.3) is 10.9 Å². The first-order valence-electron chi connectivity index (χ1n) is 7.43. The third-order valence-corrected chi connectivity index (χ3v) is 4.73. The van der Waals surface area contributed by atoms with Crippen molar-refractivity contribution in [2.75, 3.05) is 0 Å². The number of fused-ring (bicyclic) bond motifs is 2. The third kappa shape index (κ3) is 2.00. The zero-order chi connectivity index (χ0) is 13.5. The van der Waals surface area contributed by atoms with Crippen molar-refractivity contribution in [2.24, 2.45) is 11.7 Å². The lowest BCUT2D eigenvalue weighted by Gasteiger charge is -2.31. The van der Waals surface area contributed by atoms with Gasteiger partial charge in [-0.25, -0.2) is 5.43 Å². The average Bonchev–Trinajstić information content (AvgIpc) is 2.89. The summed E-state index contributed by atoms with van der Waals surface area (Å²) in [5.74, 6) is 0.549. The van der Waals surface area contributed by atoms with Gasteiger partial charge in [-0.3, -0.25) is 10.4 Å². The number of hydrogen-bond acceptors (Lipinski definition) is 4. The lowest BCUT2D eigenvalue weighted by atomic mass is 9.78. The summed E-state index contributed by atoms with van der Waals surface area (Å²) in [4.78, 5) is 4.83. The van der Waals surface area contributed by atoms with Gasteiger partial charge in [0.1, 0.15) is 0 Å². The summed E-state index contributed by atoms with van der Waals surface area (Å²) < 4.78 is 0. The minimum atomic E-state index is 0.274. The fourth-order valence-electron chi connectivity index (χ4n) is 3.64. The Labute approximate surface area is 118 Å². The number of nitrogens with one attached hydrogen (secondary N) is 2. The van der Waals surface area contributed by atoms with Gasteiger partial charge in [0.2, 0.25) is 0 Å². The predicted octanol–water partition coefficient (Wildman–Crippen LogP) is 1.88. The molecule has 104 valence electrons. The summed E-state index contributed by atoms with van der Waals surface area (Å²) >= 11 is 0. The number of hydrogen-bond donors (Lipinski definition) is 3. The number of para-hydroxylation sites is 1. The van der Waals surface area contributed by atoms with Crippen LogP contribution >= 0.6 is 0 Å². The number of aromatic nitrogens is 1. The fraction of sp³-hybridized carbons (Fsp3) is 0.438. The second-order valence-corrected chi connectivity index (χ2v) is 6.04. The van der Waals surface area contributed by atoms with Gasteiger partial charge in [0.05, 0.1) is 17.3 Å². The monoisotopic (exact) mass is 268 g/mol. The molecule has 0 radical (unpaired) electrons. The Morgan fingerprint density at radius 2 is 1.95 bits per heavy atom. The van der Waals surface area contributed by atoms with Crippen LogP contribution in [-0.4, -0.2) is 17.1 Å². The molecular weight excluding hydrogens is 248 g/mol. The Morgan fingerprint density at radius 1 is 1.05 bits per heavy atom. The highest BCUT2D eigenvalue weighted by atomic mass is 15.4. The number of nitrogens with zero attached hydrogens (tertiary/aromatic N) is 1. The van der Waals surface area contributed by atoms with Gasteiger partial charge in [0.25, 0.3) is 0 Å². The Hall–Kier alpha value is -1.49. The molecule has 1 aliphatic heterocycles. The fourth-order valence-corrected chi connectivity index (χ4v) is 3.64. The molecule has 2 fully saturated rings. The van der Waals surface area contributed by atoms with Crippen molar-refractivity contribution in [3.05, 3.63) is 42.1 Å². The molecule has 4 unspecified atom stereocenters. The Kier molecular flexibility index (Phi) is 2.95. The van der Waals surface area contributed by atoms with Crippen LogP contribution in [-0.2, 0) is 0 Å². The van der Waals surface area contributed by atoms with E-state index in [9.17, 15) is 0 Å². The van der Waals surface area contributed by atoms with E-state index in [4.69, 9.17) is 10.7 Å². The maximum atomic E-state index is 6.15. The Bertz CT molecular complexity index is 627. The molecule has 1 aromatic heterocycles. The molecule has 4 rings (SSSR count). The summed E-state index contributed by atoms with van der Waals surface area (Å²) in [6.45, 7) is 0. The molecule has 2 aromatic rings. The van der Waals surface area contributed by atoms with E-state index in [-0.39, 0.29) is 6.04 Å². The number of rotatable bonds is 1. The maximum Gasteiger partial charge on any atom is 0.0706 e. The standard InChI is InChI=1S/C16H20N4/c17-11-6-8-14-12(9-11)16(20-19-14)15-7-5-10-3-1-2-4-13(10)18-15/h1-5,7,11-12,14,16,19-20H,6,8-9,17H2. The molecule has 0 amide bonds. The number of pyridine rings is 1. The summed E-state index contributed by atoms with van der Waals surface area (Å²) in [6, 6.07) is 13.7. The quantitative estimate of drug-likeness (QED) is 0.739. The normalized spacial score (nSPS) is 33.2. The predicted molar refractivity (Wildman–Crippen MR) is 79.9 cm³/mol. The van der Waals surface area contributed by atoms with Crippen molar-refractivity contribution in [3.8, 4) is 0 Å². The first-order chi connectivity index (χ1) is 9.81. The van der Waals surface area contributed by atoms with Gasteiger partial charge in [-0.05, 0) is 37.3 Å². The molecule has 20 heavy (non-hydrogen) atoms. The van der Waals surface area contributed by atoms with Gasteiger partial charge in [0.15, 0.2) is 0 Å². The van der Waals surface area contributed by atoms with E-state index in [1.807, 2.05) is 6.07 Å². The SMILES string of the molecule is NC1CCC2NNC(c3ccc4ccccc4n3)C2C1. The van der Waals surface area contributed by atoms with Crippen molar-refractivity contribution < 1.29 is 0 Å². The van der Waals surface area contributed by atoms with Gasteiger partial charge in [-0.15, -0.1) is 0 Å². The molecule has 4 N–H and O–H groups in total. The highest BCUT2D eigenvalue weighted by molar-refractivity contribution is 5.78. The molecule has 2 aliphatic rings. The van der Waals surface area contributed by atoms with Crippen molar-refractivity contribution in [2.45, 2.75) is 37.4 Å². The lowest BCUT2D eigenvalue weighted by molar-refractivity contribution is 0.277. The van der Waals surface area contributed by atoms with E-state index in [0.717, 1.165) is 30.5 Å². The largest absolute Gasteiger partial charge is 0.328 e. The van der Waals surface area contributed by atoms with Crippen LogP contribution in [0, 0.1) is 5.92 Å². The minimum absolute atomic E-state index is 0.274. The number of benzene rings is 1. The highest BCUT2D eigenvalue weighted by Gasteiger charge is 2.40. The van der Waals surface area contributed by atoms with E-state index >= 15 is 0 Å². The molecule has 0 bridgehead atoms. The van der Waals surface area contributed by atoms with Crippen molar-refractivity contribution >= 4 is 10.9 Å².